The number of rotatable bonds is 5. The van der Waals surface area contributed by atoms with E-state index in [0.717, 1.165) is 5.76 Å². The van der Waals surface area contributed by atoms with Gasteiger partial charge in [0.25, 0.3) is 0 Å². The predicted octanol–water partition coefficient (Wildman–Crippen LogP) is 1.76. The molecule has 0 aliphatic heterocycles. The van der Waals surface area contributed by atoms with Crippen molar-refractivity contribution in [2.24, 2.45) is 5.73 Å². The fraction of sp³-hybridized carbons (Fsp3) is 0.583. The Balaban J connectivity index is 2.37. The predicted molar refractivity (Wildman–Crippen MR) is 62.7 cm³/mol. The number of nitrogens with zero attached hydrogens (tertiary/aromatic N) is 1. The molecule has 90 valence electrons. The van der Waals surface area contributed by atoms with Crippen LogP contribution >= 0.6 is 0 Å². The van der Waals surface area contributed by atoms with Crippen molar-refractivity contribution < 1.29 is 9.21 Å². The summed E-state index contributed by atoms with van der Waals surface area (Å²) in [5, 5.41) is 0. The second-order valence-electron chi connectivity index (χ2n) is 4.82. The van der Waals surface area contributed by atoms with E-state index < -0.39 is 0 Å². The van der Waals surface area contributed by atoms with E-state index in [2.05, 4.69) is 0 Å². The number of nitrogens with two attached hydrogens (primary N) is 1. The molecule has 0 fully saturated rings. The quantitative estimate of drug-likeness (QED) is 0.829. The molecule has 0 saturated heterocycles. The summed E-state index contributed by atoms with van der Waals surface area (Å²) >= 11 is 0. The zero-order chi connectivity index (χ0) is 12.2. The van der Waals surface area contributed by atoms with Gasteiger partial charge in [-0.15, -0.1) is 0 Å². The Morgan fingerprint density at radius 1 is 1.56 bits per heavy atom. The Hall–Kier alpha value is -1.29. The molecular weight excluding hydrogens is 204 g/mol. The van der Waals surface area contributed by atoms with Crippen molar-refractivity contribution in [1.82, 2.24) is 4.90 Å². The van der Waals surface area contributed by atoms with Gasteiger partial charge in [0, 0.05) is 19.0 Å². The molecule has 16 heavy (non-hydrogen) atoms. The third kappa shape index (κ3) is 4.49. The monoisotopic (exact) mass is 224 g/mol. The van der Waals surface area contributed by atoms with Gasteiger partial charge < -0.3 is 15.1 Å². The number of amides is 1. The molecule has 1 heterocycles. The van der Waals surface area contributed by atoms with Crippen LogP contribution < -0.4 is 5.73 Å². The number of carbonyl (C=O) groups is 1. The summed E-state index contributed by atoms with van der Waals surface area (Å²) in [6, 6.07) is 3.67. The molecule has 2 N–H and O–H groups in total. The molecule has 0 atom stereocenters. The first kappa shape index (κ1) is 12.8. The van der Waals surface area contributed by atoms with Crippen LogP contribution in [0.1, 0.15) is 32.4 Å². The van der Waals surface area contributed by atoms with E-state index in [-0.39, 0.29) is 11.4 Å². The Morgan fingerprint density at radius 2 is 2.25 bits per heavy atom. The largest absolute Gasteiger partial charge is 0.467 e. The highest BCUT2D eigenvalue weighted by atomic mass is 16.3. The SMILES string of the molecule is CN(Cc1ccco1)C(=O)CCC(C)(C)N. The first-order valence-corrected chi connectivity index (χ1v) is 5.44. The van der Waals surface area contributed by atoms with E-state index >= 15 is 0 Å². The zero-order valence-electron chi connectivity index (χ0n) is 10.2. The van der Waals surface area contributed by atoms with Crippen LogP contribution in [0.3, 0.4) is 0 Å². The van der Waals surface area contributed by atoms with Crippen LogP contribution in [0.4, 0.5) is 0 Å². The van der Waals surface area contributed by atoms with Gasteiger partial charge in [-0.2, -0.15) is 0 Å². The Labute approximate surface area is 96.4 Å². The first-order valence-electron chi connectivity index (χ1n) is 5.44. The zero-order valence-corrected chi connectivity index (χ0v) is 10.2. The van der Waals surface area contributed by atoms with E-state index in [1.54, 1.807) is 18.2 Å². The lowest BCUT2D eigenvalue weighted by atomic mass is 10.00. The minimum atomic E-state index is -0.290. The van der Waals surface area contributed by atoms with Gasteiger partial charge in [-0.1, -0.05) is 0 Å². The summed E-state index contributed by atoms with van der Waals surface area (Å²) in [7, 11) is 1.77. The maximum Gasteiger partial charge on any atom is 0.222 e. The van der Waals surface area contributed by atoms with Crippen molar-refractivity contribution in [3.8, 4) is 0 Å². The lowest BCUT2D eigenvalue weighted by Gasteiger charge is -2.21. The van der Waals surface area contributed by atoms with Crippen LogP contribution in [0, 0.1) is 0 Å². The molecule has 0 aliphatic carbocycles. The standard InChI is InChI=1S/C12H20N2O2/c1-12(2,13)7-6-11(15)14(3)9-10-5-4-8-16-10/h4-5,8H,6-7,9,13H2,1-3H3. The van der Waals surface area contributed by atoms with Crippen LogP contribution in [-0.4, -0.2) is 23.4 Å². The fourth-order valence-electron chi connectivity index (χ4n) is 1.34. The van der Waals surface area contributed by atoms with Crippen LogP contribution in [-0.2, 0) is 11.3 Å². The van der Waals surface area contributed by atoms with Gasteiger partial charge >= 0.3 is 0 Å². The highest BCUT2D eigenvalue weighted by Crippen LogP contribution is 2.10. The summed E-state index contributed by atoms with van der Waals surface area (Å²) in [5.41, 5.74) is 5.54. The molecule has 1 amide bonds. The maximum absolute atomic E-state index is 11.7. The van der Waals surface area contributed by atoms with Crippen molar-refractivity contribution in [1.29, 1.82) is 0 Å². The van der Waals surface area contributed by atoms with E-state index in [1.165, 1.54) is 0 Å². The van der Waals surface area contributed by atoms with Crippen molar-refractivity contribution in [2.45, 2.75) is 38.8 Å². The van der Waals surface area contributed by atoms with E-state index in [4.69, 9.17) is 10.2 Å². The van der Waals surface area contributed by atoms with Crippen LogP contribution in [0.5, 0.6) is 0 Å². The van der Waals surface area contributed by atoms with Crippen molar-refractivity contribution >= 4 is 5.91 Å². The average molecular weight is 224 g/mol. The molecule has 0 saturated carbocycles. The van der Waals surface area contributed by atoms with Crippen LogP contribution in [0.25, 0.3) is 0 Å². The molecule has 0 unspecified atom stereocenters. The summed E-state index contributed by atoms with van der Waals surface area (Å²) in [6.07, 6.45) is 2.77. The third-order valence-electron chi connectivity index (χ3n) is 2.38. The topological polar surface area (TPSA) is 59.5 Å². The van der Waals surface area contributed by atoms with Gasteiger partial charge in [-0.05, 0) is 32.4 Å². The van der Waals surface area contributed by atoms with Gasteiger partial charge in [0.05, 0.1) is 12.8 Å². The minimum Gasteiger partial charge on any atom is -0.467 e. The van der Waals surface area contributed by atoms with Crippen molar-refractivity contribution in [3.05, 3.63) is 24.2 Å². The smallest absolute Gasteiger partial charge is 0.222 e. The second kappa shape index (κ2) is 5.16. The highest BCUT2D eigenvalue weighted by Gasteiger charge is 2.16. The molecule has 0 bridgehead atoms. The molecule has 1 aromatic heterocycles. The molecule has 1 aromatic rings. The molecule has 4 heteroatoms. The number of hydrogen-bond donors (Lipinski definition) is 1. The molecular formula is C12H20N2O2. The molecule has 0 aliphatic rings. The minimum absolute atomic E-state index is 0.0925. The second-order valence-corrected chi connectivity index (χ2v) is 4.82. The number of hydrogen-bond acceptors (Lipinski definition) is 3. The van der Waals surface area contributed by atoms with Crippen LogP contribution in [0.2, 0.25) is 0 Å². The lowest BCUT2D eigenvalue weighted by molar-refractivity contribution is -0.131. The van der Waals surface area contributed by atoms with Crippen molar-refractivity contribution in [3.63, 3.8) is 0 Å². The summed E-state index contributed by atoms with van der Waals surface area (Å²) < 4.78 is 5.18. The summed E-state index contributed by atoms with van der Waals surface area (Å²) in [5.74, 6) is 0.887. The Kier molecular flexibility index (Phi) is 4.12. The maximum atomic E-state index is 11.7. The third-order valence-corrected chi connectivity index (χ3v) is 2.38. The average Bonchev–Trinajstić information content (AvgIpc) is 2.65. The van der Waals surface area contributed by atoms with E-state index in [0.29, 0.717) is 19.4 Å². The molecule has 0 aromatic carbocycles. The van der Waals surface area contributed by atoms with Gasteiger partial charge in [0.1, 0.15) is 5.76 Å². The normalized spacial score (nSPS) is 11.5. The molecule has 0 spiro atoms. The summed E-state index contributed by atoms with van der Waals surface area (Å²) in [4.78, 5) is 13.4. The lowest BCUT2D eigenvalue weighted by Crippen LogP contribution is -2.34. The Bertz CT molecular complexity index is 325. The van der Waals surface area contributed by atoms with E-state index in [1.807, 2.05) is 26.0 Å². The Morgan fingerprint density at radius 3 is 2.75 bits per heavy atom. The van der Waals surface area contributed by atoms with Crippen LogP contribution in [0.15, 0.2) is 22.8 Å². The fourth-order valence-corrected chi connectivity index (χ4v) is 1.34. The van der Waals surface area contributed by atoms with Gasteiger partial charge in [-0.25, -0.2) is 0 Å². The summed E-state index contributed by atoms with van der Waals surface area (Å²) in [6.45, 7) is 4.36. The number of carbonyl (C=O) groups excluding carboxylic acids is 1. The molecule has 1 rings (SSSR count). The van der Waals surface area contributed by atoms with Gasteiger partial charge in [0.2, 0.25) is 5.91 Å². The number of furan rings is 1. The van der Waals surface area contributed by atoms with Gasteiger partial charge in [-0.3, -0.25) is 4.79 Å². The highest BCUT2D eigenvalue weighted by molar-refractivity contribution is 5.75. The van der Waals surface area contributed by atoms with E-state index in [9.17, 15) is 4.79 Å². The molecule has 0 radical (unpaired) electrons. The van der Waals surface area contributed by atoms with Gasteiger partial charge in [0.15, 0.2) is 0 Å². The molecule has 4 nitrogen and oxygen atoms in total. The van der Waals surface area contributed by atoms with Crippen molar-refractivity contribution in [2.75, 3.05) is 7.05 Å². The first-order chi connectivity index (χ1) is 7.38.